The lowest BCUT2D eigenvalue weighted by Gasteiger charge is -2.12. The van der Waals surface area contributed by atoms with E-state index in [1.54, 1.807) is 18.3 Å². The van der Waals surface area contributed by atoms with E-state index in [1.807, 2.05) is 31.2 Å². The highest BCUT2D eigenvalue weighted by atomic mass is 32.2. The minimum absolute atomic E-state index is 0.0937. The molecule has 1 aliphatic rings. The fourth-order valence-corrected chi connectivity index (χ4v) is 4.35. The summed E-state index contributed by atoms with van der Waals surface area (Å²) in [5.74, 6) is 0.0769. The first-order valence-electron chi connectivity index (χ1n) is 7.72. The molecule has 1 atom stereocenters. The molecular weight excluding hydrogens is 326 g/mol. The number of amides is 1. The van der Waals surface area contributed by atoms with Crippen molar-refractivity contribution in [3.63, 3.8) is 0 Å². The minimum Gasteiger partial charge on any atom is -0.380 e. The lowest BCUT2D eigenvalue weighted by atomic mass is 10.2. The summed E-state index contributed by atoms with van der Waals surface area (Å²) in [6.45, 7) is 1.96. The Morgan fingerprint density at radius 1 is 1.21 bits per heavy atom. The number of anilines is 2. The van der Waals surface area contributed by atoms with Gasteiger partial charge in [-0.15, -0.1) is 0 Å². The van der Waals surface area contributed by atoms with Crippen LogP contribution in [0, 0.1) is 6.92 Å². The van der Waals surface area contributed by atoms with Crippen LogP contribution >= 0.6 is 0 Å². The monoisotopic (exact) mass is 345 g/mol. The lowest BCUT2D eigenvalue weighted by molar-refractivity contribution is 0.102. The Morgan fingerprint density at radius 3 is 2.67 bits per heavy atom. The summed E-state index contributed by atoms with van der Waals surface area (Å²) in [6.07, 6.45) is 2.15. The normalized spacial score (nSPS) is 19.0. The molecule has 1 aliphatic heterocycles. The number of rotatable bonds is 4. The summed E-state index contributed by atoms with van der Waals surface area (Å²) in [7, 11) is -2.92. The van der Waals surface area contributed by atoms with Crippen LogP contribution in [0.25, 0.3) is 0 Å². The zero-order valence-corrected chi connectivity index (χ0v) is 14.1. The number of nitrogens with zero attached hydrogens (tertiary/aromatic N) is 1. The number of nitrogens with one attached hydrogen (secondary N) is 2. The summed E-state index contributed by atoms with van der Waals surface area (Å²) in [4.78, 5) is 16.3. The van der Waals surface area contributed by atoms with Gasteiger partial charge in [0.05, 0.1) is 23.4 Å². The van der Waals surface area contributed by atoms with Crippen LogP contribution in [0.2, 0.25) is 0 Å². The number of carbonyl (C=O) groups is 1. The molecule has 1 fully saturated rings. The van der Waals surface area contributed by atoms with Crippen LogP contribution < -0.4 is 10.6 Å². The molecule has 3 rings (SSSR count). The summed E-state index contributed by atoms with van der Waals surface area (Å²) in [5.41, 5.74) is 2.80. The predicted octanol–water partition coefficient (Wildman–Crippen LogP) is 2.24. The molecule has 2 aromatic rings. The van der Waals surface area contributed by atoms with Gasteiger partial charge in [0, 0.05) is 11.7 Å². The molecule has 0 radical (unpaired) electrons. The number of sulfone groups is 1. The quantitative estimate of drug-likeness (QED) is 0.887. The Kier molecular flexibility index (Phi) is 4.53. The van der Waals surface area contributed by atoms with Gasteiger partial charge >= 0.3 is 0 Å². The van der Waals surface area contributed by atoms with E-state index >= 15 is 0 Å². The van der Waals surface area contributed by atoms with Gasteiger partial charge in [-0.1, -0.05) is 12.1 Å². The topological polar surface area (TPSA) is 88.2 Å². The maximum atomic E-state index is 12.2. The Bertz CT molecular complexity index is 848. The average molecular weight is 345 g/mol. The summed E-state index contributed by atoms with van der Waals surface area (Å²) in [6, 6.07) is 10.8. The largest absolute Gasteiger partial charge is 0.380 e. The van der Waals surface area contributed by atoms with Gasteiger partial charge in [0.1, 0.15) is 5.69 Å². The number of pyridine rings is 1. The number of aryl methyl sites for hydroxylation is 1. The first-order valence-corrected chi connectivity index (χ1v) is 9.54. The Hall–Kier alpha value is -2.41. The van der Waals surface area contributed by atoms with E-state index in [9.17, 15) is 13.2 Å². The zero-order valence-electron chi connectivity index (χ0n) is 13.3. The van der Waals surface area contributed by atoms with Crippen molar-refractivity contribution in [1.82, 2.24) is 4.98 Å². The van der Waals surface area contributed by atoms with Crippen LogP contribution in [0.3, 0.4) is 0 Å². The van der Waals surface area contributed by atoms with Gasteiger partial charge in [-0.05, 0) is 43.2 Å². The van der Waals surface area contributed by atoms with E-state index < -0.39 is 9.84 Å². The average Bonchev–Trinajstić information content (AvgIpc) is 2.87. The second kappa shape index (κ2) is 6.60. The smallest absolute Gasteiger partial charge is 0.274 e. The number of benzene rings is 1. The highest BCUT2D eigenvalue weighted by Crippen LogP contribution is 2.17. The molecule has 24 heavy (non-hydrogen) atoms. The van der Waals surface area contributed by atoms with Crippen molar-refractivity contribution >= 4 is 27.1 Å². The van der Waals surface area contributed by atoms with Crippen molar-refractivity contribution in [3.05, 3.63) is 53.9 Å². The van der Waals surface area contributed by atoms with Crippen LogP contribution in [-0.2, 0) is 9.84 Å². The second-order valence-corrected chi connectivity index (χ2v) is 8.23. The molecule has 7 heteroatoms. The van der Waals surface area contributed by atoms with Crippen LogP contribution in [-0.4, -0.2) is 36.9 Å². The molecule has 6 nitrogen and oxygen atoms in total. The third kappa shape index (κ3) is 4.11. The highest BCUT2D eigenvalue weighted by Gasteiger charge is 2.27. The van der Waals surface area contributed by atoms with Gasteiger partial charge in [-0.2, -0.15) is 0 Å². The standard InChI is InChI=1S/C17H19N3O3S/c1-12-3-2-4-13(9-12)20-17(21)16-6-5-14(10-18-16)19-15-7-8-24(22,23)11-15/h2-6,9-10,15,19H,7-8,11H2,1H3,(H,20,21). The molecule has 1 saturated heterocycles. The van der Waals surface area contributed by atoms with Crippen LogP contribution in [0.4, 0.5) is 11.4 Å². The number of carbonyl (C=O) groups excluding carboxylic acids is 1. The molecule has 0 saturated carbocycles. The van der Waals surface area contributed by atoms with Crippen molar-refractivity contribution in [3.8, 4) is 0 Å². The SMILES string of the molecule is Cc1cccc(NC(=O)c2ccc(NC3CCS(=O)(=O)C3)cn2)c1. The Labute approximate surface area is 141 Å². The second-order valence-electron chi connectivity index (χ2n) is 6.00. The maximum Gasteiger partial charge on any atom is 0.274 e. The fraction of sp³-hybridized carbons (Fsp3) is 0.294. The number of hydrogen-bond donors (Lipinski definition) is 2. The molecule has 2 N–H and O–H groups in total. The number of aromatic nitrogens is 1. The third-order valence-electron chi connectivity index (χ3n) is 3.88. The molecule has 1 unspecified atom stereocenters. The van der Waals surface area contributed by atoms with Crippen molar-refractivity contribution in [1.29, 1.82) is 0 Å². The van der Waals surface area contributed by atoms with E-state index in [0.717, 1.165) is 11.3 Å². The summed E-state index contributed by atoms with van der Waals surface area (Å²) >= 11 is 0. The molecule has 126 valence electrons. The Balaban J connectivity index is 1.62. The molecule has 1 aromatic heterocycles. The molecule has 0 aliphatic carbocycles. The molecule has 0 spiro atoms. The maximum absolute atomic E-state index is 12.2. The van der Waals surface area contributed by atoms with E-state index in [0.29, 0.717) is 17.8 Å². The van der Waals surface area contributed by atoms with Gasteiger partial charge in [0.2, 0.25) is 0 Å². The van der Waals surface area contributed by atoms with Crippen molar-refractivity contribution in [2.75, 3.05) is 22.1 Å². The fourth-order valence-electron chi connectivity index (χ4n) is 2.68. The van der Waals surface area contributed by atoms with E-state index in [4.69, 9.17) is 0 Å². The van der Waals surface area contributed by atoms with Crippen LogP contribution in [0.15, 0.2) is 42.6 Å². The molecule has 1 aromatic carbocycles. The molecule has 0 bridgehead atoms. The van der Waals surface area contributed by atoms with E-state index in [-0.39, 0.29) is 23.5 Å². The highest BCUT2D eigenvalue weighted by molar-refractivity contribution is 7.91. The van der Waals surface area contributed by atoms with Gasteiger partial charge in [-0.3, -0.25) is 4.79 Å². The third-order valence-corrected chi connectivity index (χ3v) is 5.64. The van der Waals surface area contributed by atoms with Crippen molar-refractivity contribution in [2.45, 2.75) is 19.4 Å². The Morgan fingerprint density at radius 2 is 2.04 bits per heavy atom. The van der Waals surface area contributed by atoms with Crippen LogP contribution in [0.5, 0.6) is 0 Å². The van der Waals surface area contributed by atoms with E-state index in [2.05, 4.69) is 15.6 Å². The van der Waals surface area contributed by atoms with Gasteiger partial charge in [0.25, 0.3) is 5.91 Å². The summed E-state index contributed by atoms with van der Waals surface area (Å²) in [5, 5.41) is 5.95. The van der Waals surface area contributed by atoms with Crippen molar-refractivity contribution < 1.29 is 13.2 Å². The van der Waals surface area contributed by atoms with Gasteiger partial charge in [-0.25, -0.2) is 13.4 Å². The predicted molar refractivity (Wildman–Crippen MR) is 94.1 cm³/mol. The zero-order chi connectivity index (χ0) is 17.2. The summed E-state index contributed by atoms with van der Waals surface area (Å²) < 4.78 is 22.9. The van der Waals surface area contributed by atoms with Gasteiger partial charge in [0.15, 0.2) is 9.84 Å². The first-order chi connectivity index (χ1) is 11.4. The van der Waals surface area contributed by atoms with Gasteiger partial charge < -0.3 is 10.6 Å². The van der Waals surface area contributed by atoms with Crippen LogP contribution in [0.1, 0.15) is 22.5 Å². The lowest BCUT2D eigenvalue weighted by Crippen LogP contribution is -2.21. The first kappa shape index (κ1) is 16.4. The molecule has 1 amide bonds. The van der Waals surface area contributed by atoms with Crippen molar-refractivity contribution in [2.24, 2.45) is 0 Å². The number of hydrogen-bond acceptors (Lipinski definition) is 5. The molecule has 2 heterocycles. The van der Waals surface area contributed by atoms with E-state index in [1.165, 1.54) is 0 Å². The molecular formula is C17H19N3O3S. The minimum atomic E-state index is -2.92.